The van der Waals surface area contributed by atoms with Crippen LogP contribution in [0.5, 0.6) is 0 Å². The highest BCUT2D eigenvalue weighted by Crippen LogP contribution is 2.12. The molecule has 0 aliphatic carbocycles. The first-order chi connectivity index (χ1) is 31.1. The van der Waals surface area contributed by atoms with Crippen LogP contribution in [0.1, 0.15) is 200 Å². The van der Waals surface area contributed by atoms with Crippen molar-refractivity contribution in [3.8, 4) is 0 Å². The molecule has 354 valence electrons. The van der Waals surface area contributed by atoms with Gasteiger partial charge >= 0.3 is 11.9 Å². The predicted molar refractivity (Wildman–Crippen MR) is 274 cm³/mol. The Balaban J connectivity index is 3.68. The molecule has 1 unspecified atom stereocenters. The van der Waals surface area contributed by atoms with Crippen molar-refractivity contribution in [3.63, 3.8) is 0 Å². The zero-order valence-corrected chi connectivity index (χ0v) is 40.3. The lowest BCUT2D eigenvalue weighted by Crippen LogP contribution is -2.28. The Labute approximate surface area is 387 Å². The zero-order valence-electron chi connectivity index (χ0n) is 40.3. The van der Waals surface area contributed by atoms with Gasteiger partial charge in [-0.3, -0.25) is 9.59 Å². The summed E-state index contributed by atoms with van der Waals surface area (Å²) in [4.78, 5) is 24.4. The quantitative estimate of drug-likeness (QED) is 0.0375. The monoisotopic (exact) mass is 869 g/mol. The van der Waals surface area contributed by atoms with Gasteiger partial charge in [0.25, 0.3) is 0 Å². The molecule has 0 aromatic heterocycles. The summed E-state index contributed by atoms with van der Waals surface area (Å²) >= 11 is 0. The van der Waals surface area contributed by atoms with E-state index in [2.05, 4.69) is 148 Å². The van der Waals surface area contributed by atoms with Crippen molar-refractivity contribution in [2.24, 2.45) is 0 Å². The average molecular weight is 869 g/mol. The molecule has 0 spiro atoms. The van der Waals surface area contributed by atoms with E-state index in [9.17, 15) is 14.7 Å². The van der Waals surface area contributed by atoms with Crippen LogP contribution >= 0.6 is 0 Å². The first-order valence-corrected chi connectivity index (χ1v) is 25.2. The van der Waals surface area contributed by atoms with Crippen molar-refractivity contribution in [1.82, 2.24) is 0 Å². The Morgan fingerprint density at radius 3 is 1.05 bits per heavy atom. The minimum atomic E-state index is -0.798. The molecule has 0 aromatic carbocycles. The van der Waals surface area contributed by atoms with E-state index in [4.69, 9.17) is 9.47 Å². The van der Waals surface area contributed by atoms with Gasteiger partial charge in [0.05, 0.1) is 6.61 Å². The van der Waals surface area contributed by atoms with Gasteiger partial charge in [0.2, 0.25) is 0 Å². The van der Waals surface area contributed by atoms with E-state index in [0.717, 1.165) is 122 Å². The maximum atomic E-state index is 12.2. The summed E-state index contributed by atoms with van der Waals surface area (Å²) in [5, 5.41) is 9.60. The molecule has 0 aliphatic rings. The van der Waals surface area contributed by atoms with E-state index in [-0.39, 0.29) is 25.2 Å². The third kappa shape index (κ3) is 50.6. The molecule has 63 heavy (non-hydrogen) atoms. The summed E-state index contributed by atoms with van der Waals surface area (Å²) in [6, 6.07) is 0. The van der Waals surface area contributed by atoms with E-state index < -0.39 is 6.10 Å². The number of allylic oxidation sites excluding steroid dienone is 22. The number of ether oxygens (including phenoxy) is 2. The summed E-state index contributed by atoms with van der Waals surface area (Å²) in [6.07, 6.45) is 78.2. The Morgan fingerprint density at radius 2 is 0.683 bits per heavy atom. The standard InChI is InChI=1S/C58H92O5/c1-3-5-7-9-11-13-15-17-19-20-21-22-23-24-25-26-27-28-29-30-31-32-33-34-35-36-37-38-39-41-43-45-47-49-51-53-58(61)63-56(54-59)55-62-57(60)52-50-48-46-44-42-40-18-16-14-12-10-8-6-4-2/h5,7,11,13,16-19,21-22,24-25,27-28,30-31,33-34,36-37,39,41,56,59H,3-4,6,8-10,12,14-15,20,23,26,29,32,35,38,40,42-55H2,1-2H3/b7-5-,13-11-,18-16-,19-17-,22-21-,25-24-,28-27-,31-30-,34-33-,37-36-,41-39-. The van der Waals surface area contributed by atoms with Crippen LogP contribution in [0.25, 0.3) is 0 Å². The summed E-state index contributed by atoms with van der Waals surface area (Å²) < 4.78 is 10.6. The highest BCUT2D eigenvalue weighted by molar-refractivity contribution is 5.70. The molecule has 5 nitrogen and oxygen atoms in total. The summed E-state index contributed by atoms with van der Waals surface area (Å²) in [7, 11) is 0. The highest BCUT2D eigenvalue weighted by atomic mass is 16.6. The number of aliphatic hydroxyl groups is 1. The van der Waals surface area contributed by atoms with Gasteiger partial charge in [-0.25, -0.2) is 0 Å². The van der Waals surface area contributed by atoms with E-state index in [1.165, 1.54) is 51.4 Å². The fourth-order valence-corrected chi connectivity index (χ4v) is 6.40. The average Bonchev–Trinajstić information content (AvgIpc) is 3.29. The summed E-state index contributed by atoms with van der Waals surface area (Å²) in [6.45, 7) is 3.97. The van der Waals surface area contributed by atoms with Crippen molar-refractivity contribution in [2.75, 3.05) is 13.2 Å². The van der Waals surface area contributed by atoms with E-state index in [0.29, 0.717) is 12.8 Å². The maximum Gasteiger partial charge on any atom is 0.306 e. The molecule has 0 aliphatic heterocycles. The lowest BCUT2D eigenvalue weighted by atomic mass is 10.1. The molecule has 0 rings (SSSR count). The van der Waals surface area contributed by atoms with Crippen molar-refractivity contribution >= 4 is 11.9 Å². The SMILES string of the molecule is CC/C=C\C/C=C\C/C=C\C/C=C\C/C=C\C/C=C\C/C=C\C/C=C\C/C=C\C/C=C\CCCCCCC(=O)OC(CO)COC(=O)CCCCCCC/C=C\CCCCCCC. The number of unbranched alkanes of at least 4 members (excludes halogenated alkanes) is 14. The van der Waals surface area contributed by atoms with Gasteiger partial charge < -0.3 is 14.6 Å². The molecule has 0 aromatic rings. The molecule has 0 saturated heterocycles. The fourth-order valence-electron chi connectivity index (χ4n) is 6.40. The van der Waals surface area contributed by atoms with Crippen molar-refractivity contribution in [2.45, 2.75) is 206 Å². The Morgan fingerprint density at radius 1 is 0.381 bits per heavy atom. The zero-order chi connectivity index (χ0) is 45.6. The molecular weight excluding hydrogens is 777 g/mol. The van der Waals surface area contributed by atoms with Crippen molar-refractivity contribution in [1.29, 1.82) is 0 Å². The van der Waals surface area contributed by atoms with Crippen LogP contribution in [0.2, 0.25) is 0 Å². The summed E-state index contributed by atoms with van der Waals surface area (Å²) in [5.74, 6) is -0.640. The van der Waals surface area contributed by atoms with Crippen molar-refractivity contribution in [3.05, 3.63) is 134 Å². The normalized spacial score (nSPS) is 13.4. The Bertz CT molecular complexity index is 1350. The van der Waals surface area contributed by atoms with Crippen LogP contribution in [0.15, 0.2) is 134 Å². The number of esters is 2. The van der Waals surface area contributed by atoms with Gasteiger partial charge in [-0.15, -0.1) is 0 Å². The van der Waals surface area contributed by atoms with Gasteiger partial charge in [0.15, 0.2) is 6.10 Å². The number of carbonyl (C=O) groups excluding carboxylic acids is 2. The van der Waals surface area contributed by atoms with E-state index in [1.54, 1.807) is 0 Å². The molecule has 0 saturated carbocycles. The van der Waals surface area contributed by atoms with Crippen LogP contribution < -0.4 is 0 Å². The molecular formula is C58H92O5. The first kappa shape index (κ1) is 59.0. The minimum absolute atomic E-state index is 0.0886. The van der Waals surface area contributed by atoms with Crippen LogP contribution in [0.4, 0.5) is 0 Å². The van der Waals surface area contributed by atoms with Crippen LogP contribution in [-0.4, -0.2) is 36.4 Å². The number of hydrogen-bond donors (Lipinski definition) is 1. The molecule has 0 amide bonds. The summed E-state index contributed by atoms with van der Waals surface area (Å²) in [5.41, 5.74) is 0. The Kier molecular flexibility index (Phi) is 49.1. The number of hydrogen-bond acceptors (Lipinski definition) is 5. The fraction of sp³-hybridized carbons (Fsp3) is 0.586. The smallest absolute Gasteiger partial charge is 0.306 e. The molecule has 5 heteroatoms. The second kappa shape index (κ2) is 52.4. The third-order valence-corrected chi connectivity index (χ3v) is 10.2. The van der Waals surface area contributed by atoms with Crippen LogP contribution in [-0.2, 0) is 19.1 Å². The van der Waals surface area contributed by atoms with Crippen molar-refractivity contribution < 1.29 is 24.2 Å². The number of aliphatic hydroxyl groups excluding tert-OH is 1. The molecule has 1 N–H and O–H groups in total. The second-order valence-electron chi connectivity index (χ2n) is 16.2. The van der Waals surface area contributed by atoms with Crippen LogP contribution in [0.3, 0.4) is 0 Å². The highest BCUT2D eigenvalue weighted by Gasteiger charge is 2.16. The lowest BCUT2D eigenvalue weighted by Gasteiger charge is -2.15. The molecule has 1 atom stereocenters. The number of rotatable bonds is 44. The second-order valence-corrected chi connectivity index (χ2v) is 16.2. The third-order valence-electron chi connectivity index (χ3n) is 10.2. The first-order valence-electron chi connectivity index (χ1n) is 25.2. The van der Waals surface area contributed by atoms with Crippen LogP contribution in [0, 0.1) is 0 Å². The van der Waals surface area contributed by atoms with E-state index in [1.807, 2.05) is 0 Å². The largest absolute Gasteiger partial charge is 0.462 e. The Hall–Kier alpha value is -3.96. The predicted octanol–water partition coefficient (Wildman–Crippen LogP) is 16.9. The lowest BCUT2D eigenvalue weighted by molar-refractivity contribution is -0.161. The van der Waals surface area contributed by atoms with Gasteiger partial charge in [0, 0.05) is 12.8 Å². The molecule has 0 bridgehead atoms. The van der Waals surface area contributed by atoms with Gasteiger partial charge in [-0.05, 0) is 116 Å². The van der Waals surface area contributed by atoms with Gasteiger partial charge in [-0.2, -0.15) is 0 Å². The van der Waals surface area contributed by atoms with Gasteiger partial charge in [-0.1, -0.05) is 205 Å². The minimum Gasteiger partial charge on any atom is -0.462 e. The van der Waals surface area contributed by atoms with Gasteiger partial charge in [0.1, 0.15) is 6.61 Å². The van der Waals surface area contributed by atoms with E-state index >= 15 is 0 Å². The molecule has 0 heterocycles. The molecule has 0 radical (unpaired) electrons. The maximum absolute atomic E-state index is 12.2. The molecule has 0 fully saturated rings. The number of carbonyl (C=O) groups is 2. The topological polar surface area (TPSA) is 72.8 Å².